The second kappa shape index (κ2) is 11.5. The lowest BCUT2D eigenvalue weighted by atomic mass is 9.89. The van der Waals surface area contributed by atoms with Crippen molar-refractivity contribution < 1.29 is 4.74 Å². The first-order valence-corrected chi connectivity index (χ1v) is 8.56. The van der Waals surface area contributed by atoms with Gasteiger partial charge in [-0.1, -0.05) is 27.7 Å². The highest BCUT2D eigenvalue weighted by molar-refractivity contribution is 14.0. The normalized spacial score (nSPS) is 21.5. The fourth-order valence-electron chi connectivity index (χ4n) is 2.98. The lowest BCUT2D eigenvalue weighted by molar-refractivity contribution is 0.0205. The van der Waals surface area contributed by atoms with E-state index in [9.17, 15) is 0 Å². The van der Waals surface area contributed by atoms with E-state index in [1.54, 1.807) is 7.11 Å². The molecule has 0 saturated carbocycles. The molecule has 1 rings (SSSR count). The second-order valence-corrected chi connectivity index (χ2v) is 7.52. The maximum absolute atomic E-state index is 5.57. The van der Waals surface area contributed by atoms with Gasteiger partial charge in [-0.2, -0.15) is 0 Å². The molecule has 0 aromatic carbocycles. The topological polar surface area (TPSA) is 48.9 Å². The van der Waals surface area contributed by atoms with Crippen LogP contribution >= 0.6 is 24.0 Å². The molecule has 1 fully saturated rings. The number of likely N-dealkylation sites (tertiary alicyclic amines) is 1. The summed E-state index contributed by atoms with van der Waals surface area (Å²) in [5.74, 6) is 1.69. The SMILES string of the molecule is CN=C(NCCN1CCCC(C)C1)NCC(OC)C(C)(C)C.I. The minimum Gasteiger partial charge on any atom is -0.379 e. The number of hydrogen-bond acceptors (Lipinski definition) is 3. The molecule has 2 atom stereocenters. The molecule has 2 unspecified atom stereocenters. The fraction of sp³-hybridized carbons (Fsp3) is 0.941. The van der Waals surface area contributed by atoms with Crippen molar-refractivity contribution in [3.8, 4) is 0 Å². The van der Waals surface area contributed by atoms with E-state index in [0.717, 1.165) is 31.5 Å². The molecule has 0 radical (unpaired) electrons. The molecular weight excluding hydrogens is 403 g/mol. The molecule has 6 heteroatoms. The second-order valence-electron chi connectivity index (χ2n) is 7.52. The van der Waals surface area contributed by atoms with Crippen molar-refractivity contribution in [2.45, 2.75) is 46.6 Å². The van der Waals surface area contributed by atoms with Crippen LogP contribution in [0.1, 0.15) is 40.5 Å². The Hall–Kier alpha value is -0.0800. The molecule has 0 spiro atoms. The summed E-state index contributed by atoms with van der Waals surface area (Å²) in [5, 5.41) is 6.77. The van der Waals surface area contributed by atoms with Crippen LogP contribution in [0.2, 0.25) is 0 Å². The lowest BCUT2D eigenvalue weighted by Gasteiger charge is -2.31. The van der Waals surface area contributed by atoms with Gasteiger partial charge in [0.15, 0.2) is 5.96 Å². The van der Waals surface area contributed by atoms with Crippen molar-refractivity contribution in [2.24, 2.45) is 16.3 Å². The Bertz CT molecular complexity index is 344. The largest absolute Gasteiger partial charge is 0.379 e. The number of ether oxygens (including phenoxy) is 1. The molecule has 0 aliphatic carbocycles. The van der Waals surface area contributed by atoms with E-state index in [0.29, 0.717) is 0 Å². The summed E-state index contributed by atoms with van der Waals surface area (Å²) >= 11 is 0. The van der Waals surface area contributed by atoms with Gasteiger partial charge in [0.2, 0.25) is 0 Å². The average molecular weight is 440 g/mol. The summed E-state index contributed by atoms with van der Waals surface area (Å²) in [4.78, 5) is 6.84. The van der Waals surface area contributed by atoms with Crippen LogP contribution in [0.15, 0.2) is 4.99 Å². The molecule has 138 valence electrons. The number of halogens is 1. The third-order valence-corrected chi connectivity index (χ3v) is 4.39. The van der Waals surface area contributed by atoms with Gasteiger partial charge in [0.05, 0.1) is 6.10 Å². The van der Waals surface area contributed by atoms with E-state index in [4.69, 9.17) is 4.74 Å². The van der Waals surface area contributed by atoms with Crippen LogP contribution in [0, 0.1) is 11.3 Å². The third kappa shape index (κ3) is 9.10. The molecule has 5 nitrogen and oxygen atoms in total. The van der Waals surface area contributed by atoms with E-state index in [2.05, 4.69) is 48.2 Å². The van der Waals surface area contributed by atoms with Gasteiger partial charge in [-0.3, -0.25) is 4.99 Å². The third-order valence-electron chi connectivity index (χ3n) is 4.39. The first-order chi connectivity index (χ1) is 10.4. The van der Waals surface area contributed by atoms with Gasteiger partial charge in [-0.25, -0.2) is 0 Å². The zero-order valence-corrected chi connectivity index (χ0v) is 18.1. The number of nitrogens with one attached hydrogen (secondary N) is 2. The van der Waals surface area contributed by atoms with Crippen molar-refractivity contribution in [2.75, 3.05) is 46.9 Å². The number of rotatable bonds is 6. The summed E-state index contributed by atoms with van der Waals surface area (Å²) in [6, 6.07) is 0. The number of piperidine rings is 1. The van der Waals surface area contributed by atoms with E-state index in [1.807, 2.05) is 7.05 Å². The molecule has 1 heterocycles. The van der Waals surface area contributed by atoms with Crippen molar-refractivity contribution in [1.29, 1.82) is 0 Å². The van der Waals surface area contributed by atoms with Crippen molar-refractivity contribution in [3.05, 3.63) is 0 Å². The van der Waals surface area contributed by atoms with E-state index < -0.39 is 0 Å². The summed E-state index contributed by atoms with van der Waals surface area (Å²) < 4.78 is 5.57. The number of guanidine groups is 1. The molecule has 1 aliphatic rings. The molecule has 0 aromatic heterocycles. The zero-order valence-electron chi connectivity index (χ0n) is 15.8. The lowest BCUT2D eigenvalue weighted by Crippen LogP contribution is -2.47. The highest BCUT2D eigenvalue weighted by Crippen LogP contribution is 2.20. The fourth-order valence-corrected chi connectivity index (χ4v) is 2.98. The molecule has 0 bridgehead atoms. The van der Waals surface area contributed by atoms with Gasteiger partial charge in [0.25, 0.3) is 0 Å². The van der Waals surface area contributed by atoms with Crippen LogP contribution < -0.4 is 10.6 Å². The molecule has 23 heavy (non-hydrogen) atoms. The predicted molar refractivity (Wildman–Crippen MR) is 110 cm³/mol. The van der Waals surface area contributed by atoms with Crippen LogP contribution in [0.25, 0.3) is 0 Å². The molecule has 0 aromatic rings. The molecule has 1 saturated heterocycles. The number of nitrogens with zero attached hydrogens (tertiary/aromatic N) is 2. The van der Waals surface area contributed by atoms with Gasteiger partial charge in [0, 0.05) is 40.3 Å². The van der Waals surface area contributed by atoms with Crippen LogP contribution in [0.4, 0.5) is 0 Å². The van der Waals surface area contributed by atoms with Crippen LogP contribution in [-0.2, 0) is 4.74 Å². The number of methoxy groups -OCH3 is 1. The monoisotopic (exact) mass is 440 g/mol. The van der Waals surface area contributed by atoms with E-state index in [1.165, 1.54) is 25.9 Å². The van der Waals surface area contributed by atoms with E-state index >= 15 is 0 Å². The number of aliphatic imine (C=N–C) groups is 1. The maximum atomic E-state index is 5.57. The van der Waals surface area contributed by atoms with Crippen molar-refractivity contribution in [3.63, 3.8) is 0 Å². The molecule has 0 amide bonds. The molecular formula is C17H37IN4O. The van der Waals surface area contributed by atoms with Crippen molar-refractivity contribution in [1.82, 2.24) is 15.5 Å². The van der Waals surface area contributed by atoms with Crippen LogP contribution in [0.3, 0.4) is 0 Å². The Morgan fingerprint density at radius 2 is 2.04 bits per heavy atom. The average Bonchev–Trinajstić information content (AvgIpc) is 2.44. The summed E-state index contributed by atoms with van der Waals surface area (Å²) in [6.45, 7) is 14.1. The van der Waals surface area contributed by atoms with Crippen molar-refractivity contribution >= 4 is 29.9 Å². The van der Waals surface area contributed by atoms with Gasteiger partial charge in [0.1, 0.15) is 0 Å². The maximum Gasteiger partial charge on any atom is 0.191 e. The molecule has 2 N–H and O–H groups in total. The first kappa shape index (κ1) is 22.9. The minimum absolute atomic E-state index is 0. The Morgan fingerprint density at radius 3 is 2.57 bits per heavy atom. The van der Waals surface area contributed by atoms with Gasteiger partial charge in [-0.05, 0) is 30.7 Å². The summed E-state index contributed by atoms with van der Waals surface area (Å²) in [6.07, 6.45) is 2.86. The number of hydrogen-bond donors (Lipinski definition) is 2. The first-order valence-electron chi connectivity index (χ1n) is 8.56. The highest BCUT2D eigenvalue weighted by Gasteiger charge is 2.24. The van der Waals surface area contributed by atoms with Gasteiger partial charge < -0.3 is 20.3 Å². The molecule has 1 aliphatic heterocycles. The van der Waals surface area contributed by atoms with Gasteiger partial charge >= 0.3 is 0 Å². The zero-order chi connectivity index (χ0) is 16.6. The Kier molecular flexibility index (Phi) is 11.4. The summed E-state index contributed by atoms with van der Waals surface area (Å²) in [5.41, 5.74) is 0.116. The van der Waals surface area contributed by atoms with Gasteiger partial charge in [-0.15, -0.1) is 24.0 Å². The van der Waals surface area contributed by atoms with E-state index in [-0.39, 0.29) is 35.5 Å². The Morgan fingerprint density at radius 1 is 1.35 bits per heavy atom. The van der Waals surface area contributed by atoms with Crippen LogP contribution in [0.5, 0.6) is 0 Å². The minimum atomic E-state index is 0. The predicted octanol–water partition coefficient (Wildman–Crippen LogP) is 2.56. The Labute approximate surface area is 160 Å². The summed E-state index contributed by atoms with van der Waals surface area (Å²) in [7, 11) is 3.59. The highest BCUT2D eigenvalue weighted by atomic mass is 127. The smallest absolute Gasteiger partial charge is 0.191 e. The standard InChI is InChI=1S/C17H36N4O.HI/c1-14-8-7-10-21(13-14)11-9-19-16(18-5)20-12-15(22-6)17(2,3)4;/h14-15H,7-13H2,1-6H3,(H2,18,19,20);1H. The quantitative estimate of drug-likeness (QED) is 0.379. The Balaban J connectivity index is 0.00000484. The van der Waals surface area contributed by atoms with Crippen LogP contribution in [-0.4, -0.2) is 63.8 Å².